The molecule has 0 heterocycles. The monoisotopic (exact) mass is 305 g/mol. The number of rotatable bonds is 8. The summed E-state index contributed by atoms with van der Waals surface area (Å²) in [7, 11) is -2.90. The lowest BCUT2D eigenvalue weighted by atomic mass is 9.83. The van der Waals surface area contributed by atoms with Crippen LogP contribution in [0, 0.1) is 11.3 Å². The van der Waals surface area contributed by atoms with E-state index in [-0.39, 0.29) is 16.9 Å². The van der Waals surface area contributed by atoms with Gasteiger partial charge in [0.05, 0.1) is 11.5 Å². The zero-order valence-electron chi connectivity index (χ0n) is 14.5. The predicted molar refractivity (Wildman–Crippen MR) is 88.9 cm³/mol. The SMILES string of the molecule is C[C@@H](CS(=O)(=O)CCCCCNC(C)(C)C)C(C)(C)C. The molecule has 0 aliphatic rings. The van der Waals surface area contributed by atoms with E-state index in [4.69, 9.17) is 0 Å². The smallest absolute Gasteiger partial charge is 0.150 e. The fraction of sp³-hybridized carbons (Fsp3) is 1.00. The Balaban J connectivity index is 3.90. The number of unbranched alkanes of at least 4 members (excludes halogenated alkanes) is 2. The van der Waals surface area contributed by atoms with Crippen molar-refractivity contribution in [2.45, 2.75) is 73.3 Å². The summed E-state index contributed by atoms with van der Waals surface area (Å²) in [6.07, 6.45) is 2.80. The molecule has 0 bridgehead atoms. The van der Waals surface area contributed by atoms with Gasteiger partial charge in [-0.05, 0) is 51.5 Å². The van der Waals surface area contributed by atoms with Crippen LogP contribution in [0.1, 0.15) is 67.7 Å². The van der Waals surface area contributed by atoms with Gasteiger partial charge in [-0.1, -0.05) is 34.1 Å². The highest BCUT2D eigenvalue weighted by molar-refractivity contribution is 7.91. The third-order valence-corrected chi connectivity index (χ3v) is 5.69. The molecular formula is C16H35NO2S. The van der Waals surface area contributed by atoms with Crippen molar-refractivity contribution in [2.75, 3.05) is 18.1 Å². The molecule has 0 aromatic carbocycles. The van der Waals surface area contributed by atoms with Crippen LogP contribution in [0.5, 0.6) is 0 Å². The Bertz CT molecular complexity index is 361. The number of hydrogen-bond donors (Lipinski definition) is 1. The van der Waals surface area contributed by atoms with E-state index >= 15 is 0 Å². The molecule has 0 aliphatic carbocycles. The zero-order chi connectivity index (χ0) is 16.0. The van der Waals surface area contributed by atoms with Gasteiger partial charge in [0, 0.05) is 5.54 Å². The molecule has 20 heavy (non-hydrogen) atoms. The van der Waals surface area contributed by atoms with Crippen molar-refractivity contribution in [3.8, 4) is 0 Å². The zero-order valence-corrected chi connectivity index (χ0v) is 15.4. The van der Waals surface area contributed by atoms with E-state index in [1.54, 1.807) is 0 Å². The van der Waals surface area contributed by atoms with Crippen LogP contribution in [0.3, 0.4) is 0 Å². The molecule has 0 saturated heterocycles. The summed E-state index contributed by atoms with van der Waals surface area (Å²) < 4.78 is 24.1. The summed E-state index contributed by atoms with van der Waals surface area (Å²) in [5.74, 6) is 0.856. The van der Waals surface area contributed by atoms with Gasteiger partial charge in [-0.3, -0.25) is 0 Å². The fourth-order valence-electron chi connectivity index (χ4n) is 1.80. The molecule has 0 unspecified atom stereocenters. The Morgan fingerprint density at radius 1 is 0.950 bits per heavy atom. The molecule has 4 heteroatoms. The maximum Gasteiger partial charge on any atom is 0.150 e. The first-order valence-electron chi connectivity index (χ1n) is 7.79. The molecule has 0 radical (unpaired) electrons. The normalized spacial score (nSPS) is 15.3. The van der Waals surface area contributed by atoms with E-state index in [0.717, 1.165) is 25.8 Å². The molecular weight excluding hydrogens is 270 g/mol. The first-order valence-corrected chi connectivity index (χ1v) is 9.61. The Labute approximate surface area is 126 Å². The van der Waals surface area contributed by atoms with Crippen LogP contribution >= 0.6 is 0 Å². The van der Waals surface area contributed by atoms with Gasteiger partial charge < -0.3 is 5.32 Å². The van der Waals surface area contributed by atoms with Gasteiger partial charge in [0.1, 0.15) is 0 Å². The molecule has 0 aliphatic heterocycles. The average molecular weight is 306 g/mol. The summed E-state index contributed by atoms with van der Waals surface area (Å²) in [5.41, 5.74) is 0.206. The van der Waals surface area contributed by atoms with Crippen molar-refractivity contribution in [3.05, 3.63) is 0 Å². The molecule has 0 spiro atoms. The minimum absolute atomic E-state index is 0.0592. The molecule has 0 fully saturated rings. The van der Waals surface area contributed by atoms with Crippen molar-refractivity contribution >= 4 is 9.84 Å². The molecule has 1 N–H and O–H groups in total. The van der Waals surface area contributed by atoms with Gasteiger partial charge >= 0.3 is 0 Å². The van der Waals surface area contributed by atoms with Crippen molar-refractivity contribution in [1.29, 1.82) is 0 Å². The molecule has 0 amide bonds. The van der Waals surface area contributed by atoms with Gasteiger partial charge in [-0.25, -0.2) is 8.42 Å². The Kier molecular flexibility index (Phi) is 7.75. The van der Waals surface area contributed by atoms with Crippen molar-refractivity contribution in [3.63, 3.8) is 0 Å². The molecule has 122 valence electrons. The summed E-state index contributed by atoms with van der Waals surface area (Å²) in [6, 6.07) is 0. The standard InChI is InChI=1S/C16H35NO2S/c1-14(15(2,3)4)13-20(18,19)12-10-8-9-11-17-16(5,6)7/h14,17H,8-13H2,1-7H3/t14-/m0/s1. The summed E-state index contributed by atoms with van der Waals surface area (Å²) in [4.78, 5) is 0. The Morgan fingerprint density at radius 2 is 1.50 bits per heavy atom. The highest BCUT2D eigenvalue weighted by atomic mass is 32.2. The van der Waals surface area contributed by atoms with Crippen LogP contribution in [-0.2, 0) is 9.84 Å². The highest BCUT2D eigenvalue weighted by Gasteiger charge is 2.25. The van der Waals surface area contributed by atoms with Gasteiger partial charge in [-0.2, -0.15) is 0 Å². The van der Waals surface area contributed by atoms with Crippen LogP contribution in [0.15, 0.2) is 0 Å². The van der Waals surface area contributed by atoms with E-state index < -0.39 is 9.84 Å². The number of nitrogens with one attached hydrogen (secondary N) is 1. The lowest BCUT2D eigenvalue weighted by Gasteiger charge is -2.26. The van der Waals surface area contributed by atoms with Crippen LogP contribution in [0.2, 0.25) is 0 Å². The van der Waals surface area contributed by atoms with E-state index in [0.29, 0.717) is 11.5 Å². The van der Waals surface area contributed by atoms with E-state index in [9.17, 15) is 8.42 Å². The third-order valence-electron chi connectivity index (χ3n) is 3.77. The predicted octanol–water partition coefficient (Wildman–Crippen LogP) is 3.64. The minimum atomic E-state index is -2.90. The number of hydrogen-bond acceptors (Lipinski definition) is 3. The quantitative estimate of drug-likeness (QED) is 0.696. The largest absolute Gasteiger partial charge is 0.312 e. The topological polar surface area (TPSA) is 46.2 Å². The molecule has 0 rings (SSSR count). The Morgan fingerprint density at radius 3 is 1.95 bits per heavy atom. The lowest BCUT2D eigenvalue weighted by molar-refractivity contribution is 0.285. The first-order chi connectivity index (χ1) is 8.83. The second kappa shape index (κ2) is 7.79. The fourth-order valence-corrected chi connectivity index (χ4v) is 3.87. The average Bonchev–Trinajstić information content (AvgIpc) is 2.19. The molecule has 0 aromatic rings. The molecule has 0 aromatic heterocycles. The van der Waals surface area contributed by atoms with Gasteiger partial charge in [0.25, 0.3) is 0 Å². The minimum Gasteiger partial charge on any atom is -0.312 e. The first kappa shape index (κ1) is 19.9. The van der Waals surface area contributed by atoms with E-state index in [1.807, 2.05) is 6.92 Å². The lowest BCUT2D eigenvalue weighted by Crippen LogP contribution is -2.36. The second-order valence-corrected chi connectivity index (χ2v) is 10.3. The van der Waals surface area contributed by atoms with Crippen molar-refractivity contribution in [2.24, 2.45) is 11.3 Å². The van der Waals surface area contributed by atoms with Crippen LogP contribution in [0.25, 0.3) is 0 Å². The van der Waals surface area contributed by atoms with Crippen molar-refractivity contribution < 1.29 is 8.42 Å². The molecule has 3 nitrogen and oxygen atoms in total. The van der Waals surface area contributed by atoms with Gasteiger partial charge in [0.15, 0.2) is 9.84 Å². The van der Waals surface area contributed by atoms with Gasteiger partial charge in [0.2, 0.25) is 0 Å². The third kappa shape index (κ3) is 10.7. The highest BCUT2D eigenvalue weighted by Crippen LogP contribution is 2.26. The maximum atomic E-state index is 12.1. The summed E-state index contributed by atoms with van der Waals surface area (Å²) >= 11 is 0. The van der Waals surface area contributed by atoms with Gasteiger partial charge in [-0.15, -0.1) is 0 Å². The molecule has 0 saturated carbocycles. The maximum absolute atomic E-state index is 12.1. The van der Waals surface area contributed by atoms with E-state index in [2.05, 4.69) is 46.9 Å². The number of sulfone groups is 1. The van der Waals surface area contributed by atoms with Crippen LogP contribution < -0.4 is 5.32 Å². The second-order valence-electron chi connectivity index (χ2n) is 8.12. The Hall–Kier alpha value is -0.0900. The van der Waals surface area contributed by atoms with Crippen LogP contribution in [-0.4, -0.2) is 32.0 Å². The summed E-state index contributed by atoms with van der Waals surface area (Å²) in [5, 5.41) is 3.42. The molecule has 1 atom stereocenters. The summed E-state index contributed by atoms with van der Waals surface area (Å²) in [6.45, 7) is 15.7. The van der Waals surface area contributed by atoms with Crippen molar-refractivity contribution in [1.82, 2.24) is 5.32 Å². The van der Waals surface area contributed by atoms with Crippen LogP contribution in [0.4, 0.5) is 0 Å². The van der Waals surface area contributed by atoms with E-state index in [1.165, 1.54) is 0 Å².